The van der Waals surface area contributed by atoms with Crippen molar-refractivity contribution >= 4 is 5.69 Å². The molecule has 0 aliphatic carbocycles. The summed E-state index contributed by atoms with van der Waals surface area (Å²) < 4.78 is 0. The first-order valence-electron chi connectivity index (χ1n) is 11.1. The molecule has 0 saturated carbocycles. The Morgan fingerprint density at radius 1 is 0.966 bits per heavy atom. The molecule has 2 aromatic rings. The van der Waals surface area contributed by atoms with Gasteiger partial charge in [0.05, 0.1) is 0 Å². The number of piperidine rings is 1. The second kappa shape index (κ2) is 8.64. The number of aryl methyl sites for hydroxylation is 2. The highest BCUT2D eigenvalue weighted by atomic mass is 14.9. The Kier molecular flexibility index (Phi) is 6.39. The van der Waals surface area contributed by atoms with Crippen molar-refractivity contribution in [2.24, 2.45) is 5.41 Å². The summed E-state index contributed by atoms with van der Waals surface area (Å²) in [5, 5.41) is 3.43. The van der Waals surface area contributed by atoms with Gasteiger partial charge in [0.25, 0.3) is 0 Å². The van der Waals surface area contributed by atoms with E-state index < -0.39 is 0 Å². The molecule has 0 spiro atoms. The van der Waals surface area contributed by atoms with E-state index in [9.17, 15) is 0 Å². The molecule has 1 fully saturated rings. The number of anilines is 1. The maximum Gasteiger partial charge on any atom is 0.0343 e. The van der Waals surface area contributed by atoms with E-state index in [1.54, 1.807) is 0 Å². The molecule has 0 aromatic heterocycles. The molecule has 1 saturated heterocycles. The Hall–Kier alpha value is -2.24. The molecule has 0 atom stereocenters. The van der Waals surface area contributed by atoms with Crippen molar-refractivity contribution in [3.63, 3.8) is 0 Å². The lowest BCUT2D eigenvalue weighted by atomic mass is 9.70. The van der Waals surface area contributed by atoms with Crippen molar-refractivity contribution in [2.45, 2.75) is 65.7 Å². The lowest BCUT2D eigenvalue weighted by Crippen LogP contribution is -2.33. The van der Waals surface area contributed by atoms with Crippen LogP contribution in [0, 0.1) is 31.1 Å². The van der Waals surface area contributed by atoms with Crippen LogP contribution in [-0.4, -0.2) is 13.1 Å². The maximum atomic E-state index is 6.08. The topological polar surface area (TPSA) is 38.0 Å². The van der Waals surface area contributed by atoms with Gasteiger partial charge in [0.1, 0.15) is 0 Å². The minimum absolute atomic E-state index is 0.0101. The van der Waals surface area contributed by atoms with Crippen molar-refractivity contribution in [1.82, 2.24) is 5.32 Å². The van der Waals surface area contributed by atoms with E-state index in [1.165, 1.54) is 16.7 Å². The van der Waals surface area contributed by atoms with Gasteiger partial charge in [-0.25, -0.2) is 0 Å². The third kappa shape index (κ3) is 4.36. The van der Waals surface area contributed by atoms with Gasteiger partial charge < -0.3 is 11.1 Å². The molecule has 0 amide bonds. The van der Waals surface area contributed by atoms with E-state index in [0.717, 1.165) is 55.6 Å². The summed E-state index contributed by atoms with van der Waals surface area (Å²) in [5.41, 5.74) is 13.4. The van der Waals surface area contributed by atoms with Crippen LogP contribution in [0.3, 0.4) is 0 Å². The molecule has 2 aromatic carbocycles. The first-order chi connectivity index (χ1) is 13.8. The van der Waals surface area contributed by atoms with Gasteiger partial charge in [-0.05, 0) is 93.9 Å². The highest BCUT2D eigenvalue weighted by molar-refractivity contribution is 5.53. The average molecular weight is 389 g/mol. The van der Waals surface area contributed by atoms with Gasteiger partial charge in [0.2, 0.25) is 0 Å². The van der Waals surface area contributed by atoms with Crippen molar-refractivity contribution < 1.29 is 0 Å². The Morgan fingerprint density at radius 2 is 1.55 bits per heavy atom. The molecular formula is C27H36N2. The summed E-state index contributed by atoms with van der Waals surface area (Å²) in [7, 11) is 0. The molecule has 1 aliphatic heterocycles. The fourth-order valence-corrected chi connectivity index (χ4v) is 4.63. The van der Waals surface area contributed by atoms with Gasteiger partial charge in [0.15, 0.2) is 0 Å². The Balaban J connectivity index is 1.97. The van der Waals surface area contributed by atoms with Crippen molar-refractivity contribution in [1.29, 1.82) is 0 Å². The minimum atomic E-state index is 0.0101. The second-order valence-electron chi connectivity index (χ2n) is 8.95. The van der Waals surface area contributed by atoms with Crippen LogP contribution in [0.4, 0.5) is 5.69 Å². The Labute approximate surface area is 177 Å². The van der Waals surface area contributed by atoms with Gasteiger partial charge in [-0.1, -0.05) is 50.0 Å². The summed E-state index contributed by atoms with van der Waals surface area (Å²) >= 11 is 0. The fourth-order valence-electron chi connectivity index (χ4n) is 4.63. The molecular weight excluding hydrogens is 352 g/mol. The van der Waals surface area contributed by atoms with Crippen LogP contribution in [0.2, 0.25) is 0 Å². The van der Waals surface area contributed by atoms with Crippen molar-refractivity contribution in [2.75, 3.05) is 18.8 Å². The van der Waals surface area contributed by atoms with Gasteiger partial charge in [0, 0.05) is 22.1 Å². The third-order valence-corrected chi connectivity index (χ3v) is 7.01. The van der Waals surface area contributed by atoms with Crippen molar-refractivity contribution in [3.05, 3.63) is 64.2 Å². The average Bonchev–Trinajstić information content (AvgIpc) is 2.72. The zero-order chi connectivity index (χ0) is 21.1. The van der Waals surface area contributed by atoms with E-state index >= 15 is 0 Å². The summed E-state index contributed by atoms with van der Waals surface area (Å²) in [4.78, 5) is 0. The predicted octanol–water partition coefficient (Wildman–Crippen LogP) is 5.73. The van der Waals surface area contributed by atoms with Crippen molar-refractivity contribution in [3.8, 4) is 11.8 Å². The predicted molar refractivity (Wildman–Crippen MR) is 125 cm³/mol. The number of hydrogen-bond acceptors (Lipinski definition) is 2. The quantitative estimate of drug-likeness (QED) is 0.518. The summed E-state index contributed by atoms with van der Waals surface area (Å²) in [5.74, 6) is 7.08. The highest BCUT2D eigenvalue weighted by Gasteiger charge is 2.31. The largest absolute Gasteiger partial charge is 0.399 e. The SMILES string of the molecule is CCC(CC)(c1ccc(N)c(C)c1)c1ccc(C#CC2(C)CCNCC2)c(C)c1. The molecule has 3 N–H and O–H groups in total. The lowest BCUT2D eigenvalue weighted by molar-refractivity contribution is 0.315. The number of nitrogens with two attached hydrogens (primary N) is 1. The molecule has 2 heteroatoms. The highest BCUT2D eigenvalue weighted by Crippen LogP contribution is 2.40. The zero-order valence-corrected chi connectivity index (χ0v) is 18.8. The molecule has 29 heavy (non-hydrogen) atoms. The smallest absolute Gasteiger partial charge is 0.0343 e. The molecule has 3 rings (SSSR count). The number of nitrogens with one attached hydrogen (secondary N) is 1. The van der Waals surface area contributed by atoms with Gasteiger partial charge >= 0.3 is 0 Å². The standard InChI is InChI=1S/C27H36N2/c1-6-27(7-2,24-10-11-25(28)21(4)19-24)23-9-8-22(20(3)18-23)12-13-26(5)14-16-29-17-15-26/h8-11,18-19,29H,6-7,14-17,28H2,1-5H3. The summed E-state index contributed by atoms with van der Waals surface area (Å²) in [6.07, 6.45) is 4.37. The minimum Gasteiger partial charge on any atom is -0.399 e. The number of hydrogen-bond donors (Lipinski definition) is 2. The molecule has 154 valence electrons. The Bertz CT molecular complexity index is 919. The van der Waals surface area contributed by atoms with Crippen LogP contribution < -0.4 is 11.1 Å². The van der Waals surface area contributed by atoms with Gasteiger partial charge in [-0.3, -0.25) is 0 Å². The van der Waals surface area contributed by atoms with Crippen LogP contribution in [0.15, 0.2) is 36.4 Å². The normalized spacial score (nSPS) is 16.2. The van der Waals surface area contributed by atoms with Crippen LogP contribution in [-0.2, 0) is 5.41 Å². The van der Waals surface area contributed by atoms with E-state index in [-0.39, 0.29) is 10.8 Å². The summed E-state index contributed by atoms with van der Waals surface area (Å²) in [6.45, 7) is 13.3. The van der Waals surface area contributed by atoms with Crippen LogP contribution in [0.5, 0.6) is 0 Å². The van der Waals surface area contributed by atoms with Crippen LogP contribution >= 0.6 is 0 Å². The second-order valence-corrected chi connectivity index (χ2v) is 8.95. The van der Waals surface area contributed by atoms with E-state index in [1.807, 2.05) is 0 Å². The first kappa shape index (κ1) is 21.5. The zero-order valence-electron chi connectivity index (χ0n) is 18.8. The Morgan fingerprint density at radius 3 is 2.10 bits per heavy atom. The third-order valence-electron chi connectivity index (χ3n) is 7.01. The van der Waals surface area contributed by atoms with Crippen LogP contribution in [0.25, 0.3) is 0 Å². The number of rotatable bonds is 4. The summed E-state index contributed by atoms with van der Waals surface area (Å²) in [6, 6.07) is 13.4. The van der Waals surface area contributed by atoms with E-state index in [2.05, 4.69) is 88.2 Å². The number of benzene rings is 2. The lowest BCUT2D eigenvalue weighted by Gasteiger charge is -2.34. The van der Waals surface area contributed by atoms with Gasteiger partial charge in [-0.2, -0.15) is 0 Å². The maximum absolute atomic E-state index is 6.08. The molecule has 0 bridgehead atoms. The van der Waals surface area contributed by atoms with E-state index in [4.69, 9.17) is 5.73 Å². The fraction of sp³-hybridized carbons (Fsp3) is 0.481. The first-order valence-corrected chi connectivity index (χ1v) is 11.1. The molecule has 0 radical (unpaired) electrons. The van der Waals surface area contributed by atoms with Crippen LogP contribution in [0.1, 0.15) is 74.3 Å². The molecule has 0 unspecified atom stereocenters. The van der Waals surface area contributed by atoms with E-state index in [0.29, 0.717) is 0 Å². The molecule has 1 heterocycles. The molecule has 1 aliphatic rings. The number of nitrogen functional groups attached to an aromatic ring is 1. The van der Waals surface area contributed by atoms with Gasteiger partial charge in [-0.15, -0.1) is 0 Å². The monoisotopic (exact) mass is 388 g/mol. The molecule has 2 nitrogen and oxygen atoms in total.